The molecule has 1 rings (SSSR count). The van der Waals surface area contributed by atoms with Crippen LogP contribution in [0, 0.1) is 10.1 Å². The van der Waals surface area contributed by atoms with E-state index in [9.17, 15) is 10.1 Å². The van der Waals surface area contributed by atoms with Crippen LogP contribution in [0.25, 0.3) is 0 Å². The Morgan fingerprint density at radius 1 is 1.70 bits per heavy atom. The zero-order chi connectivity index (χ0) is 5.98. The van der Waals surface area contributed by atoms with E-state index in [1.807, 2.05) is 0 Å². The third-order valence-corrected chi connectivity index (χ3v) is 0.522. The quantitative estimate of drug-likeness (QED) is 0.244. The van der Waals surface area contributed by atoms with Crippen molar-refractivity contribution in [1.29, 1.82) is 0 Å². The van der Waals surface area contributed by atoms with Gasteiger partial charge in [-0.3, -0.25) is 0 Å². The molecule has 0 bridgehead atoms. The van der Waals surface area contributed by atoms with Gasteiger partial charge in [-0.25, -0.2) is 0 Å². The fraction of sp³-hybridized carbons (Fsp3) is 0. The molecule has 0 saturated carbocycles. The summed E-state index contributed by atoms with van der Waals surface area (Å²) in [5, 5.41) is 17.3. The standard InChI is InChI=1S/CHN5O2.ClH.HI/c7-6(8)5-3-1-2-4-5;;/h1H;2*1H. The molecule has 1 aromatic rings. The number of aromatic nitrogens is 4. The first-order valence-corrected chi connectivity index (χ1v) is 1.74. The van der Waals surface area contributed by atoms with Crippen LogP contribution < -0.4 is 17.3 Å². The first kappa shape index (κ1) is 12.2. The lowest BCUT2D eigenvalue weighted by atomic mass is 11.4. The molecule has 0 fully saturated rings. The predicted octanol–water partition coefficient (Wildman–Crippen LogP) is -4.25. The summed E-state index contributed by atoms with van der Waals surface area (Å²) in [5.74, 6) is 0. The maximum atomic E-state index is 9.70. The van der Waals surface area contributed by atoms with Crippen molar-refractivity contribution >= 4 is 24.0 Å². The van der Waals surface area contributed by atoms with Crippen LogP contribution in [0.2, 0.25) is 0 Å². The van der Waals surface area contributed by atoms with E-state index >= 15 is 0 Å². The van der Waals surface area contributed by atoms with Crippen molar-refractivity contribution in [2.45, 2.75) is 0 Å². The van der Waals surface area contributed by atoms with Gasteiger partial charge in [0.25, 0.3) is 4.91 Å². The van der Waals surface area contributed by atoms with Gasteiger partial charge < -0.3 is 22.5 Å². The summed E-state index contributed by atoms with van der Waals surface area (Å²) in [5.41, 5.74) is 0. The second-order valence-corrected chi connectivity index (χ2v) is 0.990. The Morgan fingerprint density at radius 3 is 2.50 bits per heavy atom. The summed E-state index contributed by atoms with van der Waals surface area (Å²) in [6.45, 7) is 0. The summed E-state index contributed by atoms with van der Waals surface area (Å²) in [6, 6.07) is 0. The van der Waals surface area contributed by atoms with E-state index < -0.39 is 5.03 Å². The van der Waals surface area contributed by atoms with Gasteiger partial charge in [-0.05, 0) is 0 Å². The van der Waals surface area contributed by atoms with Crippen LogP contribution in [0.15, 0.2) is 6.33 Å². The van der Waals surface area contributed by atoms with Crippen LogP contribution in [0.4, 0.5) is 0 Å². The summed E-state index contributed by atoms with van der Waals surface area (Å²) in [6.07, 6.45) is 1.11. The van der Waals surface area contributed by atoms with Gasteiger partial charge in [-0.2, -0.15) is 0 Å². The lowest BCUT2D eigenvalue weighted by Gasteiger charge is -1.76. The van der Waals surface area contributed by atoms with Crippen molar-refractivity contribution in [2.75, 3.05) is 0 Å². The number of aromatic amines is 1. The zero-order valence-electron chi connectivity index (χ0n) is 4.47. The van der Waals surface area contributed by atoms with Crippen molar-refractivity contribution in [1.82, 2.24) is 15.4 Å². The first-order valence-electron chi connectivity index (χ1n) is 1.74. The molecule has 58 valence electrons. The number of tetrazole rings is 1. The van der Waals surface area contributed by atoms with Gasteiger partial charge in [0.1, 0.15) is 5.03 Å². The van der Waals surface area contributed by atoms with E-state index in [1.54, 1.807) is 0 Å². The molecule has 1 N–H and O–H groups in total. The minimum atomic E-state index is -0.729. The fourth-order valence-corrected chi connectivity index (χ4v) is 0.258. The number of halogens is 2. The highest BCUT2D eigenvalue weighted by atomic mass is 127. The van der Waals surface area contributed by atoms with Crippen LogP contribution in [-0.2, 0) is 0 Å². The van der Waals surface area contributed by atoms with Crippen LogP contribution in [0.1, 0.15) is 0 Å². The minimum absolute atomic E-state index is 0. The maximum Gasteiger partial charge on any atom is 0.355 e. The molecule has 9 heteroatoms. The monoisotopic (exact) mass is 279 g/mol. The Morgan fingerprint density at radius 2 is 2.30 bits per heavy atom. The largest absolute Gasteiger partial charge is 1.00 e. The van der Waals surface area contributed by atoms with E-state index in [2.05, 4.69) is 15.4 Å². The van der Waals surface area contributed by atoms with E-state index in [1.165, 1.54) is 0 Å². The van der Waals surface area contributed by atoms with Crippen LogP contribution >= 0.6 is 24.0 Å². The Balaban J connectivity index is 0. The molecule has 0 aliphatic heterocycles. The number of rotatable bonds is 1. The predicted molar refractivity (Wildman–Crippen MR) is 34.4 cm³/mol. The van der Waals surface area contributed by atoms with Gasteiger partial charge >= 0.3 is 11.5 Å². The highest BCUT2D eigenvalue weighted by Crippen LogP contribution is 1.51. The van der Waals surface area contributed by atoms with Crippen molar-refractivity contribution in [3.05, 3.63) is 16.4 Å². The smallest absolute Gasteiger partial charge is 0.355 e. The van der Waals surface area contributed by atoms with Gasteiger partial charge in [-0.1, -0.05) is 5.10 Å². The van der Waals surface area contributed by atoms with E-state index in [4.69, 9.17) is 0 Å². The summed E-state index contributed by atoms with van der Waals surface area (Å²) < 4.78 is 0. The zero-order valence-corrected chi connectivity index (χ0v) is 7.56. The number of hydrogen-bond acceptors (Lipinski definition) is 4. The molecule has 0 saturated heterocycles. The van der Waals surface area contributed by atoms with Crippen molar-refractivity contribution in [3.63, 3.8) is 0 Å². The molecule has 10 heavy (non-hydrogen) atoms. The van der Waals surface area contributed by atoms with E-state index in [0.717, 1.165) is 6.33 Å². The second kappa shape index (κ2) is 5.29. The molecule has 0 aliphatic carbocycles. The normalized spacial score (nSPS) is 7.20. The molecule has 1 heterocycles. The summed E-state index contributed by atoms with van der Waals surface area (Å²) >= 11 is 0. The number of nitrogens with zero attached hydrogens (tertiary/aromatic N) is 4. The highest BCUT2D eigenvalue weighted by Gasteiger charge is 2.09. The van der Waals surface area contributed by atoms with Crippen LogP contribution in [0.3, 0.4) is 0 Å². The van der Waals surface area contributed by atoms with Crippen molar-refractivity contribution < 1.29 is 22.3 Å². The first-order chi connectivity index (χ1) is 3.80. The van der Waals surface area contributed by atoms with Crippen LogP contribution in [-0.4, -0.2) is 20.4 Å². The van der Waals surface area contributed by atoms with E-state index in [-0.39, 0.29) is 36.4 Å². The molecule has 0 radical (unpaired) electrons. The average molecular weight is 279 g/mol. The lowest BCUT2D eigenvalue weighted by Crippen LogP contribution is -3.00. The maximum absolute atomic E-state index is 9.70. The Labute approximate surface area is 78.3 Å². The van der Waals surface area contributed by atoms with Crippen LogP contribution in [0.5, 0.6) is 0 Å². The highest BCUT2D eigenvalue weighted by molar-refractivity contribution is 14.0. The molecular weight excluding hydrogens is 276 g/mol. The lowest BCUT2D eigenvalue weighted by molar-refractivity contribution is -1.25. The average Bonchev–Trinajstić information content (AvgIpc) is 2.12. The van der Waals surface area contributed by atoms with Gasteiger partial charge in [0.2, 0.25) is 0 Å². The minimum Gasteiger partial charge on any atom is -1.00 e. The van der Waals surface area contributed by atoms with Gasteiger partial charge in [0, 0.05) is 0 Å². The van der Waals surface area contributed by atoms with Gasteiger partial charge in [0.15, 0.2) is 5.10 Å². The molecule has 0 aliphatic rings. The SMILES string of the molecule is I.O=[N+]([O-])[n+]1nnc[nH]1.[Cl-]. The number of nitro groups is 1. The number of nitrogens with one attached hydrogen (secondary N) is 1. The Kier molecular flexibility index (Phi) is 6.45. The molecular formula is CH3ClIN5O2. The molecule has 0 amide bonds. The van der Waals surface area contributed by atoms with E-state index in [0.29, 0.717) is 4.91 Å². The molecule has 7 nitrogen and oxygen atoms in total. The summed E-state index contributed by atoms with van der Waals surface area (Å²) in [4.78, 5) is 10.1. The molecule has 0 unspecified atom stereocenters. The summed E-state index contributed by atoms with van der Waals surface area (Å²) in [7, 11) is 0. The molecule has 0 atom stereocenters. The van der Waals surface area contributed by atoms with Crippen molar-refractivity contribution in [3.8, 4) is 0 Å². The number of hydrogen-bond donors (Lipinski definition) is 1. The van der Waals surface area contributed by atoms with Crippen molar-refractivity contribution in [2.24, 2.45) is 0 Å². The number of H-pyrrole nitrogens is 1. The third-order valence-electron chi connectivity index (χ3n) is 0.522. The molecule has 0 spiro atoms. The second-order valence-electron chi connectivity index (χ2n) is 0.990. The fourth-order valence-electron chi connectivity index (χ4n) is 0.258. The third kappa shape index (κ3) is 2.87. The van der Waals surface area contributed by atoms with Gasteiger partial charge in [-0.15, -0.1) is 24.0 Å². The van der Waals surface area contributed by atoms with Gasteiger partial charge in [0.05, 0.1) is 0 Å². The molecule has 0 aromatic carbocycles. The molecule has 1 aromatic heterocycles. The Hall–Kier alpha value is -0.510. The topological polar surface area (TPSA) is 88.6 Å². The Bertz CT molecular complexity index is 188.